The number of carbonyl (C=O) groups is 1. The van der Waals surface area contributed by atoms with Crippen LogP contribution in [-0.4, -0.2) is 49.0 Å². The zero-order chi connectivity index (χ0) is 14.0. The first-order chi connectivity index (χ1) is 8.99. The standard InChI is InChI=1S/C14H21N3OS/c1-10-9-17(6-7-19-10)14(18)12-8-11(15)4-5-13(12)16(2)3/h4-5,8,10H,6-7,9,15H2,1-3H3. The Hall–Kier alpha value is -1.36. The minimum atomic E-state index is 0.0863. The lowest BCUT2D eigenvalue weighted by molar-refractivity contribution is 0.0764. The zero-order valence-electron chi connectivity index (χ0n) is 11.7. The highest BCUT2D eigenvalue weighted by molar-refractivity contribution is 7.99. The van der Waals surface area contributed by atoms with Crippen LogP contribution in [0.25, 0.3) is 0 Å². The number of nitrogen functional groups attached to an aromatic ring is 1. The number of carbonyl (C=O) groups excluding carboxylic acids is 1. The highest BCUT2D eigenvalue weighted by Gasteiger charge is 2.24. The number of amides is 1. The van der Waals surface area contributed by atoms with E-state index in [0.29, 0.717) is 16.5 Å². The maximum atomic E-state index is 12.7. The van der Waals surface area contributed by atoms with Crippen LogP contribution in [0.2, 0.25) is 0 Å². The molecule has 1 aromatic rings. The lowest BCUT2D eigenvalue weighted by Crippen LogP contribution is -2.41. The van der Waals surface area contributed by atoms with Gasteiger partial charge in [0.15, 0.2) is 0 Å². The zero-order valence-corrected chi connectivity index (χ0v) is 12.5. The number of rotatable bonds is 2. The molecule has 0 spiro atoms. The number of thioether (sulfide) groups is 1. The Morgan fingerprint density at radius 2 is 2.21 bits per heavy atom. The van der Waals surface area contributed by atoms with Gasteiger partial charge in [0, 0.05) is 49.6 Å². The van der Waals surface area contributed by atoms with E-state index in [9.17, 15) is 4.79 Å². The third-order valence-corrected chi connectivity index (χ3v) is 4.40. The number of benzene rings is 1. The van der Waals surface area contributed by atoms with E-state index in [4.69, 9.17) is 5.73 Å². The van der Waals surface area contributed by atoms with Crippen molar-refractivity contribution in [3.8, 4) is 0 Å². The first-order valence-electron chi connectivity index (χ1n) is 6.46. The van der Waals surface area contributed by atoms with E-state index in [-0.39, 0.29) is 5.91 Å². The van der Waals surface area contributed by atoms with Gasteiger partial charge in [-0.3, -0.25) is 4.79 Å². The Balaban J connectivity index is 2.29. The maximum Gasteiger partial charge on any atom is 0.256 e. The minimum absolute atomic E-state index is 0.0863. The summed E-state index contributed by atoms with van der Waals surface area (Å²) in [5.74, 6) is 1.09. The van der Waals surface area contributed by atoms with Crippen LogP contribution in [0.1, 0.15) is 17.3 Å². The highest BCUT2D eigenvalue weighted by Crippen LogP contribution is 2.25. The quantitative estimate of drug-likeness (QED) is 0.840. The van der Waals surface area contributed by atoms with E-state index in [0.717, 1.165) is 24.5 Å². The van der Waals surface area contributed by atoms with Gasteiger partial charge in [-0.2, -0.15) is 11.8 Å². The average molecular weight is 279 g/mol. The molecule has 2 N–H and O–H groups in total. The second-order valence-electron chi connectivity index (χ2n) is 5.10. The molecule has 104 valence electrons. The summed E-state index contributed by atoms with van der Waals surface area (Å²) in [5, 5.41) is 0.501. The molecule has 0 bridgehead atoms. The van der Waals surface area contributed by atoms with Crippen molar-refractivity contribution < 1.29 is 4.79 Å². The first-order valence-corrected chi connectivity index (χ1v) is 7.51. The first kappa shape index (κ1) is 14.1. The summed E-state index contributed by atoms with van der Waals surface area (Å²) in [4.78, 5) is 16.5. The average Bonchev–Trinajstić information content (AvgIpc) is 2.37. The molecule has 0 radical (unpaired) electrons. The summed E-state index contributed by atoms with van der Waals surface area (Å²) in [6.07, 6.45) is 0. The molecule has 0 aromatic heterocycles. The Morgan fingerprint density at radius 1 is 1.47 bits per heavy atom. The minimum Gasteiger partial charge on any atom is -0.399 e. The molecule has 0 aliphatic carbocycles. The number of anilines is 2. The fourth-order valence-corrected chi connectivity index (χ4v) is 3.30. The Kier molecular flexibility index (Phi) is 4.24. The van der Waals surface area contributed by atoms with Gasteiger partial charge in [0.2, 0.25) is 0 Å². The molecule has 4 nitrogen and oxygen atoms in total. The normalized spacial score (nSPS) is 19.3. The van der Waals surface area contributed by atoms with Gasteiger partial charge >= 0.3 is 0 Å². The molecule has 1 fully saturated rings. The molecule has 2 rings (SSSR count). The van der Waals surface area contributed by atoms with Gasteiger partial charge in [-0.1, -0.05) is 6.92 Å². The second-order valence-corrected chi connectivity index (χ2v) is 6.65. The number of hydrogen-bond acceptors (Lipinski definition) is 4. The van der Waals surface area contributed by atoms with Crippen molar-refractivity contribution in [2.75, 3.05) is 43.6 Å². The van der Waals surface area contributed by atoms with Gasteiger partial charge in [-0.05, 0) is 18.2 Å². The van der Waals surface area contributed by atoms with Crippen LogP contribution in [0.15, 0.2) is 18.2 Å². The van der Waals surface area contributed by atoms with E-state index in [2.05, 4.69) is 6.92 Å². The number of nitrogens with two attached hydrogens (primary N) is 1. The van der Waals surface area contributed by atoms with E-state index in [1.807, 2.05) is 47.8 Å². The fraction of sp³-hybridized carbons (Fsp3) is 0.500. The highest BCUT2D eigenvalue weighted by atomic mass is 32.2. The molecule has 1 unspecified atom stereocenters. The lowest BCUT2D eigenvalue weighted by Gasteiger charge is -2.31. The van der Waals surface area contributed by atoms with Crippen molar-refractivity contribution in [3.63, 3.8) is 0 Å². The van der Waals surface area contributed by atoms with Crippen molar-refractivity contribution >= 4 is 29.0 Å². The van der Waals surface area contributed by atoms with E-state index >= 15 is 0 Å². The predicted octanol–water partition coefficient (Wildman–Crippen LogP) is 1.91. The molecule has 1 aliphatic heterocycles. The summed E-state index contributed by atoms with van der Waals surface area (Å²) in [7, 11) is 3.88. The number of nitrogens with zero attached hydrogens (tertiary/aromatic N) is 2. The van der Waals surface area contributed by atoms with Gasteiger partial charge in [0.05, 0.1) is 5.56 Å². The molecule has 1 aromatic carbocycles. The molecular formula is C14H21N3OS. The summed E-state index contributed by atoms with van der Waals surface area (Å²) in [5.41, 5.74) is 8.08. The van der Waals surface area contributed by atoms with Gasteiger partial charge in [0.25, 0.3) is 5.91 Å². The Morgan fingerprint density at radius 3 is 2.84 bits per heavy atom. The fourth-order valence-electron chi connectivity index (χ4n) is 2.29. The van der Waals surface area contributed by atoms with Crippen molar-refractivity contribution in [1.82, 2.24) is 4.90 Å². The molecule has 0 saturated carbocycles. The van der Waals surface area contributed by atoms with Gasteiger partial charge in [0.1, 0.15) is 0 Å². The maximum absolute atomic E-state index is 12.7. The van der Waals surface area contributed by atoms with E-state index in [1.165, 1.54) is 0 Å². The smallest absolute Gasteiger partial charge is 0.256 e. The van der Waals surface area contributed by atoms with Crippen LogP contribution in [0, 0.1) is 0 Å². The van der Waals surface area contributed by atoms with Crippen molar-refractivity contribution in [1.29, 1.82) is 0 Å². The molecule has 1 heterocycles. The molecule has 1 saturated heterocycles. The summed E-state index contributed by atoms with van der Waals surface area (Å²) < 4.78 is 0. The summed E-state index contributed by atoms with van der Waals surface area (Å²) in [6, 6.07) is 5.52. The van der Waals surface area contributed by atoms with Crippen molar-refractivity contribution in [2.24, 2.45) is 0 Å². The monoisotopic (exact) mass is 279 g/mol. The topological polar surface area (TPSA) is 49.6 Å². The third kappa shape index (κ3) is 3.15. The summed E-state index contributed by atoms with van der Waals surface area (Å²) in [6.45, 7) is 3.79. The lowest BCUT2D eigenvalue weighted by atomic mass is 10.1. The summed E-state index contributed by atoms with van der Waals surface area (Å²) >= 11 is 1.92. The Labute approximate surface area is 118 Å². The Bertz CT molecular complexity index is 476. The van der Waals surface area contributed by atoms with Crippen LogP contribution in [0.5, 0.6) is 0 Å². The van der Waals surface area contributed by atoms with Crippen molar-refractivity contribution in [3.05, 3.63) is 23.8 Å². The molecule has 1 amide bonds. The SMILES string of the molecule is CC1CN(C(=O)c2cc(N)ccc2N(C)C)CCS1. The number of hydrogen-bond donors (Lipinski definition) is 1. The van der Waals surface area contributed by atoms with Gasteiger partial charge < -0.3 is 15.5 Å². The van der Waals surface area contributed by atoms with Crippen LogP contribution >= 0.6 is 11.8 Å². The van der Waals surface area contributed by atoms with Gasteiger partial charge in [-0.15, -0.1) is 0 Å². The molecule has 1 atom stereocenters. The second kappa shape index (κ2) is 5.74. The van der Waals surface area contributed by atoms with Crippen molar-refractivity contribution in [2.45, 2.75) is 12.2 Å². The van der Waals surface area contributed by atoms with Crippen LogP contribution in [0.3, 0.4) is 0 Å². The largest absolute Gasteiger partial charge is 0.399 e. The van der Waals surface area contributed by atoms with Gasteiger partial charge in [-0.25, -0.2) is 0 Å². The van der Waals surface area contributed by atoms with Crippen LogP contribution in [-0.2, 0) is 0 Å². The molecule has 5 heteroatoms. The van der Waals surface area contributed by atoms with Crippen LogP contribution in [0.4, 0.5) is 11.4 Å². The van der Waals surface area contributed by atoms with E-state index in [1.54, 1.807) is 6.07 Å². The molecule has 1 aliphatic rings. The van der Waals surface area contributed by atoms with E-state index < -0.39 is 0 Å². The third-order valence-electron chi connectivity index (χ3n) is 3.26. The molecular weight excluding hydrogens is 258 g/mol. The van der Waals surface area contributed by atoms with Crippen LogP contribution < -0.4 is 10.6 Å². The predicted molar refractivity (Wildman–Crippen MR) is 83.0 cm³/mol. The molecule has 19 heavy (non-hydrogen) atoms.